The molecule has 0 spiro atoms. The molecule has 4 atom stereocenters. The third-order valence-electron chi connectivity index (χ3n) is 5.18. The van der Waals surface area contributed by atoms with Crippen molar-refractivity contribution in [2.75, 3.05) is 23.0 Å². The van der Waals surface area contributed by atoms with Crippen LogP contribution in [-0.2, 0) is 29.5 Å². The van der Waals surface area contributed by atoms with E-state index in [0.29, 0.717) is 0 Å². The molecule has 3 aliphatic rings. The number of halogens is 10. The van der Waals surface area contributed by atoms with Crippen LogP contribution in [0.5, 0.6) is 0 Å². The molecule has 3 saturated heterocycles. The quantitative estimate of drug-likeness (QED) is 0.406. The van der Waals surface area contributed by atoms with Gasteiger partial charge in [-0.05, 0) is 25.7 Å². The van der Waals surface area contributed by atoms with Crippen LogP contribution < -0.4 is 0 Å². The van der Waals surface area contributed by atoms with Gasteiger partial charge in [0.15, 0.2) is 34.8 Å². The van der Waals surface area contributed by atoms with Crippen LogP contribution >= 0.6 is 0 Å². The summed E-state index contributed by atoms with van der Waals surface area (Å²) in [6.07, 6.45) is -14.7. The van der Waals surface area contributed by atoms with Crippen molar-refractivity contribution in [3.63, 3.8) is 0 Å². The Morgan fingerprint density at radius 3 is 1.29 bits per heavy atom. The van der Waals surface area contributed by atoms with E-state index in [2.05, 4.69) is 0 Å². The minimum atomic E-state index is -4.75. The van der Waals surface area contributed by atoms with E-state index in [-0.39, 0.29) is 30.8 Å². The van der Waals surface area contributed by atoms with Gasteiger partial charge in [0.25, 0.3) is 0 Å². The van der Waals surface area contributed by atoms with Gasteiger partial charge in [-0.15, -0.1) is 0 Å². The molecular formula is C15H20F10O6S3. The Labute approximate surface area is 188 Å². The maximum atomic E-state index is 12.6. The number of alkyl halides is 10. The first-order chi connectivity index (χ1) is 14.9. The Hall–Kier alpha value is -0.850. The largest absolute Gasteiger partial charge is 0.405 e. The SMILES string of the molecule is O=S1(=O)CCC(C(F)(F)F)C1.O=S1(=O)CCC(C(F)(F)F)C1F.O=S1(=O)CCCC1C(F)(F)F. The van der Waals surface area contributed by atoms with Gasteiger partial charge >= 0.3 is 18.5 Å². The summed E-state index contributed by atoms with van der Waals surface area (Å²) in [4.78, 5) is 0. The van der Waals surface area contributed by atoms with Crippen LogP contribution in [0.25, 0.3) is 0 Å². The lowest BCUT2D eigenvalue weighted by atomic mass is 10.1. The van der Waals surface area contributed by atoms with Crippen LogP contribution in [0.15, 0.2) is 0 Å². The second-order valence-corrected chi connectivity index (χ2v) is 14.6. The summed E-state index contributed by atoms with van der Waals surface area (Å²) < 4.78 is 183. The monoisotopic (exact) mass is 582 g/mol. The molecule has 19 heteroatoms. The highest BCUT2D eigenvalue weighted by molar-refractivity contribution is 7.92. The van der Waals surface area contributed by atoms with Gasteiger partial charge in [0.2, 0.25) is 5.50 Å². The van der Waals surface area contributed by atoms with Crippen LogP contribution in [0.2, 0.25) is 0 Å². The first-order valence-corrected chi connectivity index (χ1v) is 14.6. The molecule has 3 heterocycles. The summed E-state index contributed by atoms with van der Waals surface area (Å²) in [5.74, 6) is -6.04. The van der Waals surface area contributed by atoms with E-state index in [9.17, 15) is 69.2 Å². The van der Waals surface area contributed by atoms with E-state index in [1.165, 1.54) is 0 Å². The second-order valence-electron chi connectivity index (χ2n) is 7.84. The normalized spacial score (nSPS) is 32.3. The van der Waals surface area contributed by atoms with Gasteiger partial charge in [0, 0.05) is 0 Å². The fourth-order valence-electron chi connectivity index (χ4n) is 3.31. The Morgan fingerprint density at radius 1 is 0.588 bits per heavy atom. The molecule has 4 unspecified atom stereocenters. The molecule has 0 amide bonds. The van der Waals surface area contributed by atoms with E-state index in [4.69, 9.17) is 0 Å². The summed E-state index contributed by atoms with van der Waals surface area (Å²) in [5, 5.41) is -2.10. The van der Waals surface area contributed by atoms with Gasteiger partial charge in [-0.2, -0.15) is 39.5 Å². The van der Waals surface area contributed by atoms with Gasteiger partial charge in [0.1, 0.15) is 5.92 Å². The Bertz CT molecular complexity index is 1010. The predicted molar refractivity (Wildman–Crippen MR) is 98.5 cm³/mol. The first-order valence-electron chi connectivity index (χ1n) is 9.38. The molecule has 0 aromatic heterocycles. The van der Waals surface area contributed by atoms with Crippen LogP contribution in [-0.4, -0.2) is 77.5 Å². The highest BCUT2D eigenvalue weighted by atomic mass is 32.2. The second kappa shape index (κ2) is 10.3. The minimum absolute atomic E-state index is 0.131. The minimum Gasteiger partial charge on any atom is -0.229 e. The Kier molecular flexibility index (Phi) is 9.41. The van der Waals surface area contributed by atoms with E-state index < -0.39 is 88.6 Å². The zero-order valence-electron chi connectivity index (χ0n) is 16.9. The number of hydrogen-bond acceptors (Lipinski definition) is 6. The van der Waals surface area contributed by atoms with Gasteiger partial charge in [-0.3, -0.25) is 0 Å². The van der Waals surface area contributed by atoms with E-state index in [1.807, 2.05) is 0 Å². The predicted octanol–water partition coefficient (Wildman–Crippen LogP) is 3.39. The average Bonchev–Trinajstić information content (AvgIpc) is 3.22. The van der Waals surface area contributed by atoms with Crippen LogP contribution in [0.3, 0.4) is 0 Å². The standard InChI is InChI=1S/C5H6F4O2S.2C5H7F3O2S/c6-4-3(5(7,8)9)1-2-12(4,10)11;6-5(7,8)4-1-2-11(9,10)3-4;6-5(7,8)4-2-1-3-11(4,9)10/h3-4H,1-2H2;2*4H,1-3H2. The maximum absolute atomic E-state index is 12.6. The molecule has 0 aromatic rings. The van der Waals surface area contributed by atoms with Crippen LogP contribution in [0, 0.1) is 11.8 Å². The van der Waals surface area contributed by atoms with Crippen molar-refractivity contribution in [2.24, 2.45) is 11.8 Å². The summed E-state index contributed by atoms with van der Waals surface area (Å²) in [6, 6.07) is 0. The van der Waals surface area contributed by atoms with E-state index >= 15 is 0 Å². The molecule has 3 aliphatic heterocycles. The van der Waals surface area contributed by atoms with Crippen molar-refractivity contribution in [3.05, 3.63) is 0 Å². The van der Waals surface area contributed by atoms with Crippen LogP contribution in [0.1, 0.15) is 25.7 Å². The van der Waals surface area contributed by atoms with Gasteiger partial charge in [-0.25, -0.2) is 29.6 Å². The molecule has 3 rings (SSSR count). The lowest BCUT2D eigenvalue weighted by molar-refractivity contribution is -0.180. The Morgan fingerprint density at radius 2 is 1.12 bits per heavy atom. The van der Waals surface area contributed by atoms with E-state index in [0.717, 1.165) is 0 Å². The fourth-order valence-corrected chi connectivity index (χ4v) is 8.47. The highest BCUT2D eigenvalue weighted by Crippen LogP contribution is 2.40. The summed E-state index contributed by atoms with van der Waals surface area (Å²) in [6.45, 7) is 0. The van der Waals surface area contributed by atoms with Crippen LogP contribution in [0.4, 0.5) is 43.9 Å². The summed E-state index contributed by atoms with van der Waals surface area (Å²) in [7, 11) is -11.4. The maximum Gasteiger partial charge on any atom is 0.405 e. The first kappa shape index (κ1) is 31.2. The highest BCUT2D eigenvalue weighted by Gasteiger charge is 2.54. The summed E-state index contributed by atoms with van der Waals surface area (Å²) >= 11 is 0. The molecule has 204 valence electrons. The number of hydrogen-bond donors (Lipinski definition) is 0. The van der Waals surface area contributed by atoms with Crippen molar-refractivity contribution < 1.29 is 69.2 Å². The molecule has 0 aliphatic carbocycles. The zero-order chi connectivity index (χ0) is 27.0. The lowest BCUT2D eigenvalue weighted by Gasteiger charge is -2.14. The molecular weight excluding hydrogens is 562 g/mol. The molecule has 0 radical (unpaired) electrons. The van der Waals surface area contributed by atoms with Crippen molar-refractivity contribution in [1.29, 1.82) is 0 Å². The van der Waals surface area contributed by atoms with Gasteiger partial charge in [0.05, 0.1) is 28.9 Å². The lowest BCUT2D eigenvalue weighted by Crippen LogP contribution is -2.32. The summed E-state index contributed by atoms with van der Waals surface area (Å²) in [5.41, 5.74) is -2.77. The van der Waals surface area contributed by atoms with Gasteiger partial charge in [-0.1, -0.05) is 0 Å². The average molecular weight is 583 g/mol. The molecule has 34 heavy (non-hydrogen) atoms. The van der Waals surface area contributed by atoms with E-state index in [1.54, 1.807) is 0 Å². The molecule has 3 fully saturated rings. The van der Waals surface area contributed by atoms with Crippen molar-refractivity contribution in [3.8, 4) is 0 Å². The van der Waals surface area contributed by atoms with Crippen molar-refractivity contribution in [1.82, 2.24) is 0 Å². The molecule has 0 bridgehead atoms. The number of sulfone groups is 3. The number of rotatable bonds is 0. The van der Waals surface area contributed by atoms with Crippen molar-refractivity contribution in [2.45, 2.75) is 55.0 Å². The molecule has 0 saturated carbocycles. The topological polar surface area (TPSA) is 102 Å². The smallest absolute Gasteiger partial charge is 0.229 e. The molecule has 0 N–H and O–H groups in total. The molecule has 6 nitrogen and oxygen atoms in total. The van der Waals surface area contributed by atoms with Crippen molar-refractivity contribution >= 4 is 29.5 Å². The third-order valence-corrected chi connectivity index (χ3v) is 11.0. The zero-order valence-corrected chi connectivity index (χ0v) is 19.4. The Balaban J connectivity index is 0.000000255. The van der Waals surface area contributed by atoms with Gasteiger partial charge < -0.3 is 0 Å². The third kappa shape index (κ3) is 8.67. The fraction of sp³-hybridized carbons (Fsp3) is 1.00. The molecule has 0 aromatic carbocycles.